The number of nitrogens with one attached hydrogen (secondary N) is 1. The highest BCUT2D eigenvalue weighted by Crippen LogP contribution is 2.23. The van der Waals surface area contributed by atoms with Gasteiger partial charge in [-0.1, -0.05) is 49.0 Å². The Balaban J connectivity index is 2.09. The quantitative estimate of drug-likeness (QED) is 0.447. The van der Waals surface area contributed by atoms with Gasteiger partial charge in [-0.05, 0) is 49.2 Å². The van der Waals surface area contributed by atoms with E-state index in [1.165, 1.54) is 6.08 Å². The fraction of sp³-hybridized carbons (Fsp3) is 0.350. The molecule has 5 nitrogen and oxygen atoms in total. The Morgan fingerprint density at radius 3 is 2.61 bits per heavy atom. The standard InChI is InChI=1S/C20H24Cl2N2O3S/c1-3-4-5-12-28(26,27)23-20(25)11-10-18-9-6-15(2)24(18)14-16-7-8-17(21)13-19(16)22/h6-11,13H,3-5,12,14H2,1-2H3,(H,23,25). The van der Waals surface area contributed by atoms with E-state index in [2.05, 4.69) is 4.72 Å². The summed E-state index contributed by atoms with van der Waals surface area (Å²) in [6, 6.07) is 9.09. The van der Waals surface area contributed by atoms with E-state index in [1.807, 2.05) is 36.6 Å². The molecule has 1 amide bonds. The zero-order valence-electron chi connectivity index (χ0n) is 15.9. The van der Waals surface area contributed by atoms with Gasteiger partial charge >= 0.3 is 0 Å². The zero-order valence-corrected chi connectivity index (χ0v) is 18.2. The van der Waals surface area contributed by atoms with Crippen LogP contribution in [0.3, 0.4) is 0 Å². The van der Waals surface area contributed by atoms with Crippen LogP contribution in [0.2, 0.25) is 10.0 Å². The fourth-order valence-electron chi connectivity index (χ4n) is 2.71. The molecule has 1 heterocycles. The molecular formula is C20H24Cl2N2O3S. The Labute approximate surface area is 176 Å². The number of hydrogen-bond donors (Lipinski definition) is 1. The number of nitrogens with zero attached hydrogens (tertiary/aromatic N) is 1. The van der Waals surface area contributed by atoms with Gasteiger partial charge in [0.15, 0.2) is 0 Å². The average Bonchev–Trinajstić information content (AvgIpc) is 2.95. The molecule has 0 spiro atoms. The van der Waals surface area contributed by atoms with Crippen LogP contribution in [-0.2, 0) is 21.4 Å². The Morgan fingerprint density at radius 1 is 1.18 bits per heavy atom. The Bertz CT molecular complexity index is 966. The van der Waals surface area contributed by atoms with Crippen molar-refractivity contribution in [2.75, 3.05) is 5.75 Å². The molecule has 1 N–H and O–H groups in total. The normalized spacial score (nSPS) is 11.9. The molecule has 0 aliphatic carbocycles. The van der Waals surface area contributed by atoms with Crippen LogP contribution in [0.1, 0.15) is 43.1 Å². The summed E-state index contributed by atoms with van der Waals surface area (Å²) in [7, 11) is -3.61. The summed E-state index contributed by atoms with van der Waals surface area (Å²) in [6.45, 7) is 4.44. The number of carbonyl (C=O) groups excluding carboxylic acids is 1. The van der Waals surface area contributed by atoms with E-state index in [4.69, 9.17) is 23.2 Å². The number of aryl methyl sites for hydroxylation is 1. The van der Waals surface area contributed by atoms with Crippen molar-refractivity contribution in [3.05, 3.63) is 63.4 Å². The minimum atomic E-state index is -3.61. The molecule has 0 bridgehead atoms. The average molecular weight is 443 g/mol. The van der Waals surface area contributed by atoms with Crippen molar-refractivity contribution in [2.24, 2.45) is 0 Å². The van der Waals surface area contributed by atoms with Gasteiger partial charge in [-0.25, -0.2) is 13.1 Å². The Hall–Kier alpha value is -1.76. The number of hydrogen-bond acceptors (Lipinski definition) is 3. The molecule has 8 heteroatoms. The number of halogens is 2. The first-order valence-corrected chi connectivity index (χ1v) is 11.4. The molecule has 2 rings (SSSR count). The molecule has 0 saturated heterocycles. The van der Waals surface area contributed by atoms with Gasteiger partial charge in [-0.3, -0.25) is 4.79 Å². The number of amides is 1. The summed E-state index contributed by atoms with van der Waals surface area (Å²) >= 11 is 12.2. The molecule has 0 saturated carbocycles. The lowest BCUT2D eigenvalue weighted by Crippen LogP contribution is -2.31. The molecule has 0 fully saturated rings. The molecule has 1 aromatic carbocycles. The van der Waals surface area contributed by atoms with Crippen LogP contribution >= 0.6 is 23.2 Å². The molecule has 2 aromatic rings. The maximum absolute atomic E-state index is 12.0. The minimum Gasteiger partial charge on any atom is -0.341 e. The minimum absolute atomic E-state index is 0.0506. The SMILES string of the molecule is CCCCCS(=O)(=O)NC(=O)C=Cc1ccc(C)n1Cc1ccc(Cl)cc1Cl. The number of benzene rings is 1. The zero-order chi connectivity index (χ0) is 20.7. The molecule has 1 aromatic heterocycles. The summed E-state index contributed by atoms with van der Waals surface area (Å²) in [6.07, 6.45) is 5.08. The van der Waals surface area contributed by atoms with Crippen LogP contribution < -0.4 is 4.72 Å². The molecule has 0 aliphatic heterocycles. The summed E-state index contributed by atoms with van der Waals surface area (Å²) in [4.78, 5) is 12.0. The van der Waals surface area contributed by atoms with Crippen LogP contribution in [0.4, 0.5) is 0 Å². The highest BCUT2D eigenvalue weighted by Gasteiger charge is 2.13. The fourth-order valence-corrected chi connectivity index (χ4v) is 4.24. The van der Waals surface area contributed by atoms with Gasteiger partial charge in [0.2, 0.25) is 10.0 Å². The number of carbonyl (C=O) groups is 1. The molecule has 28 heavy (non-hydrogen) atoms. The Morgan fingerprint density at radius 2 is 1.93 bits per heavy atom. The van der Waals surface area contributed by atoms with Gasteiger partial charge in [0.25, 0.3) is 5.91 Å². The summed E-state index contributed by atoms with van der Waals surface area (Å²) in [5, 5.41) is 1.13. The van der Waals surface area contributed by atoms with Gasteiger partial charge < -0.3 is 4.57 Å². The lowest BCUT2D eigenvalue weighted by atomic mass is 10.2. The first-order valence-electron chi connectivity index (χ1n) is 9.04. The number of sulfonamides is 1. The van der Waals surface area contributed by atoms with Crippen LogP contribution in [0, 0.1) is 6.92 Å². The third-order valence-corrected chi connectivity index (χ3v) is 6.18. The molecule has 0 unspecified atom stereocenters. The van der Waals surface area contributed by atoms with Gasteiger partial charge in [0.05, 0.1) is 5.75 Å². The van der Waals surface area contributed by atoms with E-state index in [0.29, 0.717) is 23.0 Å². The summed E-state index contributed by atoms with van der Waals surface area (Å²) < 4.78 is 27.9. The van der Waals surface area contributed by atoms with Crippen LogP contribution in [-0.4, -0.2) is 24.6 Å². The highest BCUT2D eigenvalue weighted by molar-refractivity contribution is 7.90. The molecular weight excluding hydrogens is 419 g/mol. The number of aromatic nitrogens is 1. The smallest absolute Gasteiger partial charge is 0.257 e. The van der Waals surface area contributed by atoms with Crippen molar-refractivity contribution in [3.63, 3.8) is 0 Å². The second-order valence-corrected chi connectivity index (χ2v) is 9.23. The van der Waals surface area contributed by atoms with Gasteiger partial charge in [0.1, 0.15) is 0 Å². The molecule has 0 aliphatic rings. The van der Waals surface area contributed by atoms with E-state index in [0.717, 1.165) is 29.8 Å². The highest BCUT2D eigenvalue weighted by atomic mass is 35.5. The lowest BCUT2D eigenvalue weighted by Gasteiger charge is -2.11. The van der Waals surface area contributed by atoms with Gasteiger partial charge in [-0.15, -0.1) is 0 Å². The third-order valence-electron chi connectivity index (χ3n) is 4.25. The van der Waals surface area contributed by atoms with E-state index in [1.54, 1.807) is 18.2 Å². The predicted molar refractivity (Wildman–Crippen MR) is 115 cm³/mol. The molecule has 0 radical (unpaired) electrons. The van der Waals surface area contributed by atoms with Crippen molar-refractivity contribution < 1.29 is 13.2 Å². The van der Waals surface area contributed by atoms with E-state index in [9.17, 15) is 13.2 Å². The summed E-state index contributed by atoms with van der Waals surface area (Å²) in [5.74, 6) is -0.711. The number of rotatable bonds is 9. The Kier molecular flexibility index (Phi) is 8.16. The van der Waals surface area contributed by atoms with Gasteiger partial charge in [-0.2, -0.15) is 0 Å². The van der Waals surface area contributed by atoms with Gasteiger partial charge in [0, 0.05) is 34.1 Å². The number of unbranched alkanes of at least 4 members (excludes halogenated alkanes) is 2. The maximum Gasteiger partial charge on any atom is 0.257 e. The first kappa shape index (κ1) is 22.5. The van der Waals surface area contributed by atoms with Crippen LogP contribution in [0.5, 0.6) is 0 Å². The van der Waals surface area contributed by atoms with Crippen molar-refractivity contribution in [1.82, 2.24) is 9.29 Å². The molecule has 152 valence electrons. The second kappa shape index (κ2) is 10.1. The maximum atomic E-state index is 12.0. The monoisotopic (exact) mass is 442 g/mol. The first-order chi connectivity index (χ1) is 13.2. The lowest BCUT2D eigenvalue weighted by molar-refractivity contribution is -0.114. The topological polar surface area (TPSA) is 68.2 Å². The van der Waals surface area contributed by atoms with Crippen molar-refractivity contribution in [3.8, 4) is 0 Å². The summed E-state index contributed by atoms with van der Waals surface area (Å²) in [5.41, 5.74) is 2.64. The third kappa shape index (κ3) is 6.69. The molecule has 0 atom stereocenters. The largest absolute Gasteiger partial charge is 0.341 e. The van der Waals surface area contributed by atoms with Crippen LogP contribution in [0.15, 0.2) is 36.4 Å². The van der Waals surface area contributed by atoms with Crippen LogP contribution in [0.25, 0.3) is 6.08 Å². The van der Waals surface area contributed by atoms with E-state index >= 15 is 0 Å². The predicted octanol–water partition coefficient (Wildman–Crippen LogP) is 4.80. The van der Waals surface area contributed by atoms with Crippen molar-refractivity contribution in [1.29, 1.82) is 0 Å². The second-order valence-electron chi connectivity index (χ2n) is 6.55. The van der Waals surface area contributed by atoms with Crippen molar-refractivity contribution >= 4 is 45.2 Å². The van der Waals surface area contributed by atoms with E-state index in [-0.39, 0.29) is 5.75 Å². The van der Waals surface area contributed by atoms with E-state index < -0.39 is 15.9 Å². The van der Waals surface area contributed by atoms with Crippen molar-refractivity contribution in [2.45, 2.75) is 39.7 Å².